The van der Waals surface area contributed by atoms with Crippen LogP contribution >= 0.6 is 22.9 Å². The van der Waals surface area contributed by atoms with E-state index in [0.29, 0.717) is 5.15 Å². The quantitative estimate of drug-likeness (QED) is 0.457. The first kappa shape index (κ1) is 13.6. The van der Waals surface area contributed by atoms with Crippen molar-refractivity contribution in [1.82, 2.24) is 9.55 Å². The van der Waals surface area contributed by atoms with Crippen molar-refractivity contribution in [2.45, 2.75) is 6.54 Å². The summed E-state index contributed by atoms with van der Waals surface area (Å²) in [5.74, 6) is 0. The van der Waals surface area contributed by atoms with Gasteiger partial charge in [0.05, 0.1) is 21.6 Å². The maximum absolute atomic E-state index is 6.05. The van der Waals surface area contributed by atoms with Gasteiger partial charge in [0.1, 0.15) is 5.15 Å². The Morgan fingerprint density at radius 1 is 1.00 bits per heavy atom. The zero-order valence-electron chi connectivity index (χ0n) is 11.7. The summed E-state index contributed by atoms with van der Waals surface area (Å²) >= 11 is 7.79. The fourth-order valence-electron chi connectivity index (χ4n) is 2.68. The number of hydrogen-bond acceptors (Lipinski definition) is 2. The van der Waals surface area contributed by atoms with Gasteiger partial charge in [-0.2, -0.15) is 0 Å². The summed E-state index contributed by atoms with van der Waals surface area (Å²) in [5, 5.41) is 2.63. The number of thiophene rings is 1. The molecule has 3 heterocycles. The highest BCUT2D eigenvalue weighted by Gasteiger charge is 2.13. The van der Waals surface area contributed by atoms with Gasteiger partial charge in [0.2, 0.25) is 0 Å². The second-order valence-corrected chi connectivity index (χ2v) is 6.45. The minimum Gasteiger partial charge on any atom is -0.334 e. The molecule has 0 spiro atoms. The van der Waals surface area contributed by atoms with Crippen molar-refractivity contribution in [3.8, 4) is 10.6 Å². The minimum atomic E-state index is 0.530. The molecule has 0 unspecified atom stereocenters. The molecular formula is C18H13ClN2S. The fourth-order valence-corrected chi connectivity index (χ4v) is 3.58. The third kappa shape index (κ3) is 2.43. The number of fused-ring (bicyclic) bond motifs is 1. The normalized spacial score (nSPS) is 11.1. The van der Waals surface area contributed by atoms with Crippen LogP contribution in [0.5, 0.6) is 0 Å². The van der Waals surface area contributed by atoms with Gasteiger partial charge in [0.25, 0.3) is 0 Å². The van der Waals surface area contributed by atoms with Crippen molar-refractivity contribution in [1.29, 1.82) is 0 Å². The van der Waals surface area contributed by atoms with Crippen LogP contribution in [0.2, 0.25) is 5.15 Å². The smallest absolute Gasteiger partial charge is 0.129 e. The van der Waals surface area contributed by atoms with Gasteiger partial charge in [-0.1, -0.05) is 48.0 Å². The number of nitrogens with zero attached hydrogens (tertiary/aromatic N) is 2. The zero-order valence-corrected chi connectivity index (χ0v) is 13.3. The van der Waals surface area contributed by atoms with E-state index in [1.165, 1.54) is 16.1 Å². The third-order valence-corrected chi connectivity index (χ3v) is 4.78. The average Bonchev–Trinajstić information content (AvgIpc) is 3.16. The van der Waals surface area contributed by atoms with Gasteiger partial charge in [-0.25, -0.2) is 4.98 Å². The van der Waals surface area contributed by atoms with Crippen molar-refractivity contribution < 1.29 is 0 Å². The number of halogens is 1. The summed E-state index contributed by atoms with van der Waals surface area (Å²) in [6, 6.07) is 20.7. The molecule has 3 aromatic heterocycles. The van der Waals surface area contributed by atoms with E-state index in [4.69, 9.17) is 11.6 Å². The highest BCUT2D eigenvalue weighted by atomic mass is 35.5. The van der Waals surface area contributed by atoms with Crippen LogP contribution in [-0.4, -0.2) is 9.55 Å². The summed E-state index contributed by atoms with van der Waals surface area (Å²) < 4.78 is 2.31. The second-order valence-electron chi connectivity index (χ2n) is 5.12. The fraction of sp³-hybridized carbons (Fsp3) is 0.0556. The Kier molecular flexibility index (Phi) is 3.45. The number of rotatable bonds is 3. The SMILES string of the molecule is Clc1ccc2c(cc(-c3cccs3)n2Cc2ccccc2)n1. The average molecular weight is 325 g/mol. The van der Waals surface area contributed by atoms with E-state index in [2.05, 4.69) is 57.4 Å². The Morgan fingerprint density at radius 3 is 2.64 bits per heavy atom. The van der Waals surface area contributed by atoms with Crippen LogP contribution in [0.15, 0.2) is 66.0 Å². The Morgan fingerprint density at radius 2 is 1.86 bits per heavy atom. The van der Waals surface area contributed by atoms with E-state index in [1.807, 2.05) is 18.2 Å². The Hall–Kier alpha value is -2.10. The first-order valence-electron chi connectivity index (χ1n) is 7.05. The highest BCUT2D eigenvalue weighted by Crippen LogP contribution is 2.31. The van der Waals surface area contributed by atoms with Gasteiger partial charge in [-0.15, -0.1) is 11.3 Å². The molecule has 0 saturated carbocycles. The van der Waals surface area contributed by atoms with Crippen molar-refractivity contribution in [2.75, 3.05) is 0 Å². The van der Waals surface area contributed by atoms with Crippen molar-refractivity contribution in [3.63, 3.8) is 0 Å². The molecule has 2 nitrogen and oxygen atoms in total. The van der Waals surface area contributed by atoms with Crippen molar-refractivity contribution in [3.05, 3.63) is 76.8 Å². The maximum Gasteiger partial charge on any atom is 0.129 e. The van der Waals surface area contributed by atoms with E-state index >= 15 is 0 Å². The summed E-state index contributed by atoms with van der Waals surface area (Å²) in [7, 11) is 0. The molecule has 1 aromatic carbocycles. The molecule has 0 N–H and O–H groups in total. The standard InChI is InChI=1S/C18H13ClN2S/c19-18-9-8-15-14(20-18)11-16(17-7-4-10-22-17)21(15)12-13-5-2-1-3-6-13/h1-11H,12H2. The van der Waals surface area contributed by atoms with E-state index < -0.39 is 0 Å². The molecule has 0 aliphatic carbocycles. The van der Waals surface area contributed by atoms with E-state index in [-0.39, 0.29) is 0 Å². The molecule has 0 atom stereocenters. The Bertz CT molecular complexity index is 911. The molecule has 0 amide bonds. The van der Waals surface area contributed by atoms with Crippen LogP contribution in [0.3, 0.4) is 0 Å². The first-order valence-corrected chi connectivity index (χ1v) is 8.30. The van der Waals surface area contributed by atoms with E-state index in [0.717, 1.165) is 17.6 Å². The number of aromatic nitrogens is 2. The lowest BCUT2D eigenvalue weighted by Gasteiger charge is -2.10. The van der Waals surface area contributed by atoms with E-state index in [1.54, 1.807) is 11.3 Å². The molecule has 4 heteroatoms. The van der Waals surface area contributed by atoms with Crippen LogP contribution in [-0.2, 0) is 6.54 Å². The van der Waals surface area contributed by atoms with Gasteiger partial charge in [-0.05, 0) is 35.2 Å². The van der Waals surface area contributed by atoms with Crippen LogP contribution < -0.4 is 0 Å². The molecule has 4 aromatic rings. The highest BCUT2D eigenvalue weighted by molar-refractivity contribution is 7.13. The lowest BCUT2D eigenvalue weighted by atomic mass is 10.2. The summed E-state index contributed by atoms with van der Waals surface area (Å²) in [4.78, 5) is 5.70. The van der Waals surface area contributed by atoms with Crippen LogP contribution in [0, 0.1) is 0 Å². The predicted molar refractivity (Wildman–Crippen MR) is 93.6 cm³/mol. The van der Waals surface area contributed by atoms with Gasteiger partial charge < -0.3 is 4.57 Å². The molecule has 0 saturated heterocycles. The number of hydrogen-bond donors (Lipinski definition) is 0. The van der Waals surface area contributed by atoms with Crippen molar-refractivity contribution >= 4 is 34.0 Å². The monoisotopic (exact) mass is 324 g/mol. The molecule has 0 bridgehead atoms. The summed E-state index contributed by atoms with van der Waals surface area (Å²) in [6.45, 7) is 0.820. The Balaban J connectivity index is 1.92. The van der Waals surface area contributed by atoms with Crippen LogP contribution in [0.4, 0.5) is 0 Å². The molecule has 0 aliphatic rings. The zero-order chi connectivity index (χ0) is 14.9. The van der Waals surface area contributed by atoms with Gasteiger partial charge in [0.15, 0.2) is 0 Å². The molecule has 0 radical (unpaired) electrons. The second kappa shape index (κ2) is 5.59. The maximum atomic E-state index is 6.05. The minimum absolute atomic E-state index is 0.530. The lowest BCUT2D eigenvalue weighted by Crippen LogP contribution is -2.01. The number of benzene rings is 1. The van der Waals surface area contributed by atoms with Crippen LogP contribution in [0.1, 0.15) is 5.56 Å². The van der Waals surface area contributed by atoms with Gasteiger partial charge in [0, 0.05) is 6.54 Å². The molecule has 22 heavy (non-hydrogen) atoms. The van der Waals surface area contributed by atoms with Gasteiger partial charge >= 0.3 is 0 Å². The molecule has 0 aliphatic heterocycles. The first-order chi connectivity index (χ1) is 10.8. The third-order valence-electron chi connectivity index (χ3n) is 3.68. The lowest BCUT2D eigenvalue weighted by molar-refractivity contribution is 0.846. The largest absolute Gasteiger partial charge is 0.334 e. The topological polar surface area (TPSA) is 17.8 Å². The molecule has 108 valence electrons. The Labute approximate surface area is 137 Å². The summed E-state index contributed by atoms with van der Waals surface area (Å²) in [5.41, 5.74) is 4.50. The number of pyridine rings is 1. The molecule has 0 fully saturated rings. The van der Waals surface area contributed by atoms with Crippen LogP contribution in [0.25, 0.3) is 21.6 Å². The molecule has 4 rings (SSSR count). The van der Waals surface area contributed by atoms with Crippen molar-refractivity contribution in [2.24, 2.45) is 0 Å². The van der Waals surface area contributed by atoms with Gasteiger partial charge in [-0.3, -0.25) is 0 Å². The molecular weight excluding hydrogens is 312 g/mol. The summed E-state index contributed by atoms with van der Waals surface area (Å²) in [6.07, 6.45) is 0. The predicted octanol–water partition coefficient (Wildman–Crippen LogP) is 5.47. The van der Waals surface area contributed by atoms with E-state index in [9.17, 15) is 0 Å².